The van der Waals surface area contributed by atoms with Crippen molar-refractivity contribution in [3.63, 3.8) is 0 Å². The molecule has 0 saturated heterocycles. The lowest BCUT2D eigenvalue weighted by atomic mass is 10.1. The molecule has 0 fully saturated rings. The average Bonchev–Trinajstić information content (AvgIpc) is 2.56. The lowest BCUT2D eigenvalue weighted by Crippen LogP contribution is -2.28. The molecule has 0 saturated carbocycles. The van der Waals surface area contributed by atoms with Gasteiger partial charge in [-0.1, -0.05) is 18.2 Å². The van der Waals surface area contributed by atoms with E-state index in [9.17, 15) is 9.59 Å². The molecular weight excluding hydrogens is 292 g/mol. The van der Waals surface area contributed by atoms with Crippen LogP contribution in [0.15, 0.2) is 53.6 Å². The summed E-state index contributed by atoms with van der Waals surface area (Å²) in [5.41, 5.74) is 0.653. The van der Waals surface area contributed by atoms with E-state index in [-0.39, 0.29) is 23.2 Å². The Morgan fingerprint density at radius 3 is 2.39 bits per heavy atom. The van der Waals surface area contributed by atoms with Gasteiger partial charge in [-0.25, -0.2) is 4.68 Å². The highest BCUT2D eigenvalue weighted by Crippen LogP contribution is 2.16. The van der Waals surface area contributed by atoms with Crippen LogP contribution >= 0.6 is 0 Å². The molecule has 2 heterocycles. The predicted octanol–water partition coefficient (Wildman–Crippen LogP) is 2.62. The molecule has 3 aromatic rings. The first-order valence-corrected chi connectivity index (χ1v) is 7.31. The molecule has 23 heavy (non-hydrogen) atoms. The molecular formula is C17H16N4O2. The van der Waals surface area contributed by atoms with Crippen LogP contribution in [0.25, 0.3) is 10.8 Å². The molecule has 0 aliphatic carbocycles. The minimum atomic E-state index is -0.359. The Balaban J connectivity index is 2.14. The normalized spacial score (nSPS) is 10.9. The number of aromatic nitrogens is 3. The maximum atomic E-state index is 12.6. The van der Waals surface area contributed by atoms with Crippen LogP contribution in [0, 0.1) is 0 Å². The first-order valence-electron chi connectivity index (χ1n) is 7.31. The van der Waals surface area contributed by atoms with Crippen molar-refractivity contribution in [1.29, 1.82) is 0 Å². The zero-order valence-electron chi connectivity index (χ0n) is 12.9. The Bertz CT molecular complexity index is 917. The molecule has 0 bridgehead atoms. The van der Waals surface area contributed by atoms with Gasteiger partial charge in [0.05, 0.1) is 11.4 Å². The Morgan fingerprint density at radius 1 is 1.09 bits per heavy atom. The van der Waals surface area contributed by atoms with Crippen LogP contribution in [0.1, 0.15) is 30.4 Å². The number of anilines is 1. The van der Waals surface area contributed by atoms with E-state index < -0.39 is 0 Å². The lowest BCUT2D eigenvalue weighted by Gasteiger charge is -2.13. The van der Waals surface area contributed by atoms with E-state index in [4.69, 9.17) is 0 Å². The minimum absolute atomic E-state index is 0.139. The predicted molar refractivity (Wildman–Crippen MR) is 88.6 cm³/mol. The molecule has 0 spiro atoms. The number of benzene rings is 1. The van der Waals surface area contributed by atoms with Crippen molar-refractivity contribution in [2.45, 2.75) is 19.9 Å². The number of nitrogens with one attached hydrogen (secondary N) is 1. The Kier molecular flexibility index (Phi) is 3.89. The van der Waals surface area contributed by atoms with Crippen LogP contribution in [0.4, 0.5) is 5.69 Å². The number of hydrogen-bond acceptors (Lipinski definition) is 4. The third kappa shape index (κ3) is 2.83. The van der Waals surface area contributed by atoms with Gasteiger partial charge in [0.1, 0.15) is 0 Å². The second-order valence-electron chi connectivity index (χ2n) is 5.43. The van der Waals surface area contributed by atoms with Crippen LogP contribution in [0.3, 0.4) is 0 Å². The van der Waals surface area contributed by atoms with E-state index in [1.165, 1.54) is 4.68 Å². The molecule has 6 heteroatoms. The van der Waals surface area contributed by atoms with Crippen molar-refractivity contribution in [2.24, 2.45) is 0 Å². The number of carbonyl (C=O) groups is 1. The summed E-state index contributed by atoms with van der Waals surface area (Å²) >= 11 is 0. The summed E-state index contributed by atoms with van der Waals surface area (Å²) in [4.78, 5) is 29.0. The standard InChI is InChI=1S/C17H16N4O2/c1-11(2)21-17(23)14-6-4-3-5-13(14)15(20-21)16(22)19-12-7-9-18-10-8-12/h3-11H,1-2H3,(H,18,19,22). The summed E-state index contributed by atoms with van der Waals surface area (Å²) < 4.78 is 1.34. The highest BCUT2D eigenvalue weighted by molar-refractivity contribution is 6.11. The van der Waals surface area contributed by atoms with E-state index in [2.05, 4.69) is 15.4 Å². The van der Waals surface area contributed by atoms with Gasteiger partial charge in [-0.2, -0.15) is 5.10 Å². The zero-order valence-corrected chi connectivity index (χ0v) is 12.9. The summed E-state index contributed by atoms with van der Waals surface area (Å²) in [6, 6.07) is 10.2. The molecule has 0 unspecified atom stereocenters. The van der Waals surface area contributed by atoms with E-state index in [0.29, 0.717) is 16.5 Å². The van der Waals surface area contributed by atoms with Gasteiger partial charge in [0.15, 0.2) is 5.69 Å². The molecule has 3 rings (SSSR count). The number of fused-ring (bicyclic) bond motifs is 1. The SMILES string of the molecule is CC(C)n1nc(C(=O)Nc2ccncc2)c2ccccc2c1=O. The van der Waals surface area contributed by atoms with Crippen LogP contribution in [0.5, 0.6) is 0 Å². The third-order valence-corrected chi connectivity index (χ3v) is 3.47. The minimum Gasteiger partial charge on any atom is -0.320 e. The largest absolute Gasteiger partial charge is 0.320 e. The molecule has 0 radical (unpaired) electrons. The van der Waals surface area contributed by atoms with E-state index in [0.717, 1.165) is 0 Å². The van der Waals surface area contributed by atoms with E-state index in [1.807, 2.05) is 13.8 Å². The van der Waals surface area contributed by atoms with Gasteiger partial charge < -0.3 is 5.32 Å². The Labute approximate surface area is 132 Å². The molecule has 0 aliphatic heterocycles. The molecule has 1 amide bonds. The van der Waals surface area contributed by atoms with E-state index in [1.54, 1.807) is 48.8 Å². The van der Waals surface area contributed by atoms with Gasteiger partial charge in [0.2, 0.25) is 0 Å². The van der Waals surface area contributed by atoms with Crippen LogP contribution in [0.2, 0.25) is 0 Å². The number of hydrogen-bond donors (Lipinski definition) is 1. The number of amides is 1. The van der Waals surface area contributed by atoms with Crippen molar-refractivity contribution >= 4 is 22.4 Å². The second-order valence-corrected chi connectivity index (χ2v) is 5.43. The fourth-order valence-electron chi connectivity index (χ4n) is 2.35. The monoisotopic (exact) mass is 308 g/mol. The molecule has 0 atom stereocenters. The lowest BCUT2D eigenvalue weighted by molar-refractivity contribution is 0.102. The molecule has 0 aliphatic rings. The maximum Gasteiger partial charge on any atom is 0.276 e. The van der Waals surface area contributed by atoms with Crippen LogP contribution in [-0.2, 0) is 0 Å². The van der Waals surface area contributed by atoms with Crippen LogP contribution < -0.4 is 10.9 Å². The third-order valence-electron chi connectivity index (χ3n) is 3.47. The first-order chi connectivity index (χ1) is 11.1. The van der Waals surface area contributed by atoms with Crippen molar-refractivity contribution in [2.75, 3.05) is 5.32 Å². The van der Waals surface area contributed by atoms with Crippen molar-refractivity contribution < 1.29 is 4.79 Å². The van der Waals surface area contributed by atoms with Gasteiger partial charge in [-0.15, -0.1) is 0 Å². The molecule has 1 aromatic carbocycles. The van der Waals surface area contributed by atoms with Gasteiger partial charge >= 0.3 is 0 Å². The van der Waals surface area contributed by atoms with Gasteiger partial charge in [0, 0.05) is 23.5 Å². The molecule has 116 valence electrons. The molecule has 1 N–H and O–H groups in total. The average molecular weight is 308 g/mol. The molecule has 2 aromatic heterocycles. The van der Waals surface area contributed by atoms with Crippen molar-refractivity contribution in [3.8, 4) is 0 Å². The highest BCUT2D eigenvalue weighted by Gasteiger charge is 2.17. The summed E-state index contributed by atoms with van der Waals surface area (Å²) in [5, 5.41) is 8.08. The fourth-order valence-corrected chi connectivity index (χ4v) is 2.35. The second kappa shape index (κ2) is 6.00. The number of carbonyl (C=O) groups excluding carboxylic acids is 1. The van der Waals surface area contributed by atoms with Gasteiger partial charge in [-0.3, -0.25) is 14.6 Å². The Morgan fingerprint density at radius 2 is 1.74 bits per heavy atom. The number of rotatable bonds is 3. The smallest absolute Gasteiger partial charge is 0.276 e. The Hall–Kier alpha value is -3.02. The van der Waals surface area contributed by atoms with Gasteiger partial charge in [0.25, 0.3) is 11.5 Å². The maximum absolute atomic E-state index is 12.6. The summed E-state index contributed by atoms with van der Waals surface area (Å²) in [7, 11) is 0. The van der Waals surface area contributed by atoms with Gasteiger partial charge in [-0.05, 0) is 32.0 Å². The van der Waals surface area contributed by atoms with E-state index >= 15 is 0 Å². The quantitative estimate of drug-likeness (QED) is 0.807. The summed E-state index contributed by atoms with van der Waals surface area (Å²) in [6.07, 6.45) is 3.19. The summed E-state index contributed by atoms with van der Waals surface area (Å²) in [6.45, 7) is 3.71. The first kappa shape index (κ1) is 14.9. The highest BCUT2D eigenvalue weighted by atomic mass is 16.2. The van der Waals surface area contributed by atoms with Crippen molar-refractivity contribution in [3.05, 3.63) is 64.8 Å². The number of nitrogens with zero attached hydrogens (tertiary/aromatic N) is 3. The summed E-state index contributed by atoms with van der Waals surface area (Å²) in [5.74, 6) is -0.359. The number of pyridine rings is 1. The van der Waals surface area contributed by atoms with Crippen molar-refractivity contribution in [1.82, 2.24) is 14.8 Å². The zero-order chi connectivity index (χ0) is 16.4. The topological polar surface area (TPSA) is 76.9 Å². The van der Waals surface area contributed by atoms with Crippen LogP contribution in [-0.4, -0.2) is 20.7 Å². The fraction of sp³-hybridized carbons (Fsp3) is 0.176. The molecule has 6 nitrogen and oxygen atoms in total.